The van der Waals surface area contributed by atoms with Gasteiger partial charge >= 0.3 is 0 Å². The lowest BCUT2D eigenvalue weighted by Gasteiger charge is -2.21. The Bertz CT molecular complexity index is 1060. The Hall–Kier alpha value is -2.52. The lowest BCUT2D eigenvalue weighted by molar-refractivity contribution is 0.226. The summed E-state index contributed by atoms with van der Waals surface area (Å²) in [4.78, 5) is 0. The summed E-state index contributed by atoms with van der Waals surface area (Å²) in [5.74, 6) is 0.862. The first kappa shape index (κ1) is 23.1. The number of aliphatic hydroxyl groups excluding tert-OH is 1. The minimum absolute atomic E-state index is 0.0166. The van der Waals surface area contributed by atoms with E-state index < -0.39 is 0 Å². The van der Waals surface area contributed by atoms with Crippen LogP contribution in [0.1, 0.15) is 19.4 Å². The maximum atomic E-state index is 10.1. The van der Waals surface area contributed by atoms with Crippen LogP contribution in [0.15, 0.2) is 42.5 Å². The van der Waals surface area contributed by atoms with Crippen molar-refractivity contribution in [1.82, 2.24) is 9.69 Å². The fraction of sp³-hybridized carbons (Fsp3) is 0.238. The average Bonchev–Trinajstić information content (AvgIpc) is 3.10. The van der Waals surface area contributed by atoms with Crippen LogP contribution in [0.4, 0.5) is 10.7 Å². The summed E-state index contributed by atoms with van der Waals surface area (Å²) in [6.07, 6.45) is 0. The van der Waals surface area contributed by atoms with E-state index in [1.807, 2.05) is 13.8 Å². The van der Waals surface area contributed by atoms with E-state index in [0.29, 0.717) is 32.2 Å². The van der Waals surface area contributed by atoms with Crippen molar-refractivity contribution < 1.29 is 14.9 Å². The van der Waals surface area contributed by atoms with Gasteiger partial charge in [0.15, 0.2) is 0 Å². The van der Waals surface area contributed by atoms with E-state index in [9.17, 15) is 10.2 Å². The van der Waals surface area contributed by atoms with Gasteiger partial charge in [-0.25, -0.2) is 0 Å². The molecule has 1 atom stereocenters. The van der Waals surface area contributed by atoms with E-state index in [1.165, 1.54) is 0 Å². The van der Waals surface area contributed by atoms with Crippen molar-refractivity contribution in [3.05, 3.63) is 58.1 Å². The normalized spacial score (nSPS) is 11.9. The number of halogens is 2. The number of nitrogens with zero attached hydrogens (tertiary/aromatic N) is 1. The first-order chi connectivity index (χ1) is 14.8. The molecule has 1 unspecified atom stereocenters. The molecule has 3 aromatic rings. The van der Waals surface area contributed by atoms with Crippen molar-refractivity contribution in [1.29, 1.82) is 5.41 Å². The number of amidine groups is 1. The summed E-state index contributed by atoms with van der Waals surface area (Å²) >= 11 is 13.2. The molecule has 1 heterocycles. The zero-order valence-electron chi connectivity index (χ0n) is 16.8. The van der Waals surface area contributed by atoms with Gasteiger partial charge in [-0.3, -0.25) is 5.41 Å². The minimum atomic E-state index is -0.311. The van der Waals surface area contributed by atoms with Crippen molar-refractivity contribution >= 4 is 51.3 Å². The number of ether oxygens (including phenoxy) is 1. The van der Waals surface area contributed by atoms with Crippen LogP contribution in [0.3, 0.4) is 0 Å². The van der Waals surface area contributed by atoms with Crippen LogP contribution in [-0.4, -0.2) is 33.1 Å². The third-order valence-electron chi connectivity index (χ3n) is 4.49. The van der Waals surface area contributed by atoms with E-state index in [0.717, 1.165) is 11.5 Å². The Morgan fingerprint density at radius 1 is 1.19 bits per heavy atom. The molecule has 0 aliphatic rings. The van der Waals surface area contributed by atoms with Crippen molar-refractivity contribution in [2.45, 2.75) is 19.9 Å². The number of hydrogen-bond acceptors (Lipinski definition) is 7. The van der Waals surface area contributed by atoms with Crippen molar-refractivity contribution in [3.63, 3.8) is 0 Å². The third kappa shape index (κ3) is 5.80. The van der Waals surface area contributed by atoms with E-state index in [2.05, 4.69) is 15.0 Å². The largest absolute Gasteiger partial charge is 0.492 e. The van der Waals surface area contributed by atoms with Crippen molar-refractivity contribution in [2.75, 3.05) is 11.9 Å². The maximum Gasteiger partial charge on any atom is 0.236 e. The molecule has 10 heteroatoms. The van der Waals surface area contributed by atoms with E-state index in [-0.39, 0.29) is 35.8 Å². The molecule has 2 aromatic carbocycles. The quantitative estimate of drug-likeness (QED) is 0.211. The summed E-state index contributed by atoms with van der Waals surface area (Å²) in [5, 5.41) is 35.5. The molecule has 0 saturated carbocycles. The zero-order chi connectivity index (χ0) is 22.5. The summed E-state index contributed by atoms with van der Waals surface area (Å²) < 4.78 is 9.72. The number of benzene rings is 2. The van der Waals surface area contributed by atoms with E-state index >= 15 is 0 Å². The number of aliphatic hydroxyl groups is 1. The fourth-order valence-corrected chi connectivity index (χ4v) is 3.73. The molecule has 5 N–H and O–H groups in total. The Kier molecular flexibility index (Phi) is 7.61. The topological polar surface area (TPSA) is 110 Å². The highest BCUT2D eigenvalue weighted by Gasteiger charge is 2.22. The van der Waals surface area contributed by atoms with Crippen LogP contribution in [0.2, 0.25) is 10.0 Å². The molecule has 0 spiro atoms. The second kappa shape index (κ2) is 10.2. The average molecular weight is 481 g/mol. The van der Waals surface area contributed by atoms with Crippen LogP contribution in [-0.2, 0) is 0 Å². The van der Waals surface area contributed by atoms with Gasteiger partial charge in [-0.05, 0) is 53.8 Å². The number of anilines is 2. The Morgan fingerprint density at radius 2 is 1.90 bits per heavy atom. The van der Waals surface area contributed by atoms with Crippen LogP contribution in [0, 0.1) is 11.3 Å². The third-order valence-corrected chi connectivity index (χ3v) is 5.79. The van der Waals surface area contributed by atoms with Gasteiger partial charge in [-0.1, -0.05) is 37.0 Å². The first-order valence-corrected chi connectivity index (χ1v) is 11.0. The van der Waals surface area contributed by atoms with Crippen LogP contribution in [0.25, 0.3) is 0 Å². The highest BCUT2D eigenvalue weighted by Crippen LogP contribution is 2.35. The van der Waals surface area contributed by atoms with Crippen LogP contribution in [0.5, 0.6) is 17.4 Å². The van der Waals surface area contributed by atoms with Gasteiger partial charge in [0.25, 0.3) is 0 Å². The zero-order valence-corrected chi connectivity index (χ0v) is 19.1. The molecule has 0 fully saturated rings. The molecule has 7 nitrogen and oxygen atoms in total. The number of hydrogen-bond donors (Lipinski definition) is 5. The first-order valence-electron chi connectivity index (χ1n) is 9.43. The van der Waals surface area contributed by atoms with Crippen molar-refractivity contribution in [2.24, 2.45) is 5.92 Å². The van der Waals surface area contributed by atoms with Gasteiger partial charge in [0.05, 0.1) is 17.7 Å². The van der Waals surface area contributed by atoms with Gasteiger partial charge in [-0.15, -0.1) is 0 Å². The highest BCUT2D eigenvalue weighted by molar-refractivity contribution is 7.11. The standard InChI is InChI=1S/C21H22Cl2N4O3S/c1-11(2)16(10-28)26-19(24)18-20(29)27-31-21(18)25-13-4-6-14(7-5-13)30-17-9-12(22)3-8-15(17)23/h3-9,11,16,25,28H,10H2,1-2H3,(H2,24,26)(H,27,29). The molecule has 0 saturated heterocycles. The predicted molar refractivity (Wildman–Crippen MR) is 126 cm³/mol. The minimum Gasteiger partial charge on any atom is -0.492 e. The Balaban J connectivity index is 1.73. The fourth-order valence-electron chi connectivity index (χ4n) is 2.69. The molecule has 0 amide bonds. The SMILES string of the molecule is CC(C)C(CO)NC(=N)c1c(O)nsc1Nc1ccc(Oc2cc(Cl)ccc2Cl)cc1. The molecule has 0 aliphatic carbocycles. The molecule has 31 heavy (non-hydrogen) atoms. The molecule has 3 rings (SSSR count). The van der Waals surface area contributed by atoms with E-state index in [4.69, 9.17) is 33.3 Å². The number of aromatic hydroxyl groups is 1. The van der Waals surface area contributed by atoms with Gasteiger partial charge in [0.2, 0.25) is 5.88 Å². The van der Waals surface area contributed by atoms with Gasteiger partial charge in [0.1, 0.15) is 27.9 Å². The van der Waals surface area contributed by atoms with Gasteiger partial charge in [0, 0.05) is 16.8 Å². The molecule has 0 bridgehead atoms. The molecular formula is C21H22Cl2N4O3S. The summed E-state index contributed by atoms with van der Waals surface area (Å²) in [6, 6.07) is 11.8. The number of nitrogens with one attached hydrogen (secondary N) is 3. The smallest absolute Gasteiger partial charge is 0.236 e. The predicted octanol–water partition coefficient (Wildman–Crippen LogP) is 5.62. The maximum absolute atomic E-state index is 10.1. The molecule has 0 radical (unpaired) electrons. The Morgan fingerprint density at radius 3 is 2.55 bits per heavy atom. The number of aromatic nitrogens is 1. The molecule has 1 aromatic heterocycles. The summed E-state index contributed by atoms with van der Waals surface area (Å²) in [5.41, 5.74) is 0.958. The van der Waals surface area contributed by atoms with Crippen LogP contribution >= 0.6 is 34.7 Å². The second-order valence-corrected chi connectivity index (χ2v) is 8.71. The lowest BCUT2D eigenvalue weighted by Crippen LogP contribution is -2.41. The lowest BCUT2D eigenvalue weighted by atomic mass is 10.1. The van der Waals surface area contributed by atoms with E-state index in [1.54, 1.807) is 42.5 Å². The molecular weight excluding hydrogens is 459 g/mol. The Labute approximate surface area is 194 Å². The highest BCUT2D eigenvalue weighted by atomic mass is 35.5. The van der Waals surface area contributed by atoms with Gasteiger partial charge < -0.3 is 25.6 Å². The monoisotopic (exact) mass is 480 g/mol. The molecule has 0 aliphatic heterocycles. The second-order valence-electron chi connectivity index (χ2n) is 7.09. The molecule has 164 valence electrons. The summed E-state index contributed by atoms with van der Waals surface area (Å²) in [7, 11) is 0. The van der Waals surface area contributed by atoms with Crippen molar-refractivity contribution in [3.8, 4) is 17.4 Å². The summed E-state index contributed by atoms with van der Waals surface area (Å²) in [6.45, 7) is 3.75. The van der Waals surface area contributed by atoms with Gasteiger partial charge in [-0.2, -0.15) is 4.37 Å². The van der Waals surface area contributed by atoms with Crippen LogP contribution < -0.4 is 15.4 Å². The number of rotatable bonds is 8.